The number of aryl methyl sites for hydroxylation is 1. The maximum Gasteiger partial charge on any atom is 0.322 e. The van der Waals surface area contributed by atoms with E-state index in [4.69, 9.17) is 14.5 Å². The summed E-state index contributed by atoms with van der Waals surface area (Å²) in [5.41, 5.74) is 2.79. The van der Waals surface area contributed by atoms with Crippen LogP contribution in [0.25, 0.3) is 0 Å². The minimum Gasteiger partial charge on any atom is -0.497 e. The van der Waals surface area contributed by atoms with Gasteiger partial charge in [-0.2, -0.15) is 0 Å². The molecule has 0 spiro atoms. The average molecular weight is 383 g/mol. The molecule has 28 heavy (non-hydrogen) atoms. The predicted molar refractivity (Wildman–Crippen MR) is 106 cm³/mol. The summed E-state index contributed by atoms with van der Waals surface area (Å²) in [6.45, 7) is 6.04. The molecule has 3 heterocycles. The number of morpholine rings is 1. The Morgan fingerprint density at radius 2 is 2.04 bits per heavy atom. The molecule has 0 bridgehead atoms. The van der Waals surface area contributed by atoms with Crippen molar-refractivity contribution in [3.8, 4) is 5.75 Å². The molecule has 2 amide bonds. The van der Waals surface area contributed by atoms with Gasteiger partial charge >= 0.3 is 6.03 Å². The van der Waals surface area contributed by atoms with E-state index in [0.29, 0.717) is 37.7 Å². The topological polar surface area (TPSA) is 79.8 Å². The average Bonchev–Trinajstić information content (AvgIpc) is 2.73. The summed E-state index contributed by atoms with van der Waals surface area (Å²) in [6, 6.07) is 7.23. The quantitative estimate of drug-likeness (QED) is 0.876. The molecule has 0 aliphatic carbocycles. The lowest BCUT2D eigenvalue weighted by molar-refractivity contribution is 0.122. The maximum atomic E-state index is 12.8. The number of fused-ring (bicyclic) bond motifs is 1. The van der Waals surface area contributed by atoms with Gasteiger partial charge in [-0.15, -0.1) is 0 Å². The molecule has 1 saturated heterocycles. The first-order valence-corrected chi connectivity index (χ1v) is 9.53. The highest BCUT2D eigenvalue weighted by molar-refractivity contribution is 5.89. The molecule has 0 unspecified atom stereocenters. The zero-order valence-corrected chi connectivity index (χ0v) is 16.3. The van der Waals surface area contributed by atoms with E-state index in [1.165, 1.54) is 0 Å². The molecule has 0 radical (unpaired) electrons. The van der Waals surface area contributed by atoms with Gasteiger partial charge in [-0.3, -0.25) is 0 Å². The van der Waals surface area contributed by atoms with Crippen molar-refractivity contribution in [3.05, 3.63) is 41.3 Å². The number of rotatable bonds is 3. The van der Waals surface area contributed by atoms with Crippen molar-refractivity contribution >= 4 is 17.5 Å². The van der Waals surface area contributed by atoms with Gasteiger partial charge in [0.2, 0.25) is 0 Å². The van der Waals surface area contributed by atoms with Gasteiger partial charge in [-0.1, -0.05) is 6.07 Å². The molecule has 2 aliphatic rings. The highest BCUT2D eigenvalue weighted by Crippen LogP contribution is 2.28. The summed E-state index contributed by atoms with van der Waals surface area (Å²) in [7, 11) is 1.61. The monoisotopic (exact) mass is 383 g/mol. The fraction of sp³-hybridized carbons (Fsp3) is 0.450. The van der Waals surface area contributed by atoms with E-state index in [-0.39, 0.29) is 6.03 Å². The summed E-state index contributed by atoms with van der Waals surface area (Å²) >= 11 is 0. The Morgan fingerprint density at radius 3 is 2.82 bits per heavy atom. The Hall–Kier alpha value is -2.87. The fourth-order valence-electron chi connectivity index (χ4n) is 3.63. The van der Waals surface area contributed by atoms with Crippen LogP contribution in [-0.4, -0.2) is 60.9 Å². The van der Waals surface area contributed by atoms with Crippen molar-refractivity contribution in [1.29, 1.82) is 0 Å². The molecule has 2 aromatic rings. The van der Waals surface area contributed by atoms with Crippen molar-refractivity contribution in [2.24, 2.45) is 0 Å². The first-order chi connectivity index (χ1) is 13.6. The number of carbonyl (C=O) groups is 1. The van der Waals surface area contributed by atoms with E-state index in [1.54, 1.807) is 13.2 Å². The van der Waals surface area contributed by atoms with Gasteiger partial charge in [0.25, 0.3) is 0 Å². The molecule has 1 N–H and O–H groups in total. The predicted octanol–water partition coefficient (Wildman–Crippen LogP) is 2.22. The van der Waals surface area contributed by atoms with E-state index in [2.05, 4.69) is 15.2 Å². The van der Waals surface area contributed by atoms with Crippen LogP contribution in [0.5, 0.6) is 5.75 Å². The number of ether oxygens (including phenoxy) is 2. The van der Waals surface area contributed by atoms with E-state index < -0.39 is 0 Å². The molecule has 1 fully saturated rings. The van der Waals surface area contributed by atoms with Crippen LogP contribution in [0.2, 0.25) is 0 Å². The lowest BCUT2D eigenvalue weighted by Crippen LogP contribution is -2.42. The molecule has 8 heteroatoms. The lowest BCUT2D eigenvalue weighted by Gasteiger charge is -2.34. The highest BCUT2D eigenvalue weighted by Gasteiger charge is 2.28. The zero-order valence-electron chi connectivity index (χ0n) is 16.3. The zero-order chi connectivity index (χ0) is 19.5. The molecular weight excluding hydrogens is 358 g/mol. The normalized spacial score (nSPS) is 16.5. The maximum absolute atomic E-state index is 12.8. The summed E-state index contributed by atoms with van der Waals surface area (Å²) < 4.78 is 10.7. The number of methoxy groups -OCH3 is 1. The summed E-state index contributed by atoms with van der Waals surface area (Å²) in [5.74, 6) is 2.42. The number of amides is 2. The molecule has 0 atom stereocenters. The number of nitrogens with zero attached hydrogens (tertiary/aromatic N) is 4. The smallest absolute Gasteiger partial charge is 0.322 e. The Kier molecular flexibility index (Phi) is 5.29. The Morgan fingerprint density at radius 1 is 1.21 bits per heavy atom. The van der Waals surface area contributed by atoms with Crippen molar-refractivity contribution in [1.82, 2.24) is 14.9 Å². The van der Waals surface area contributed by atoms with E-state index >= 15 is 0 Å². The van der Waals surface area contributed by atoms with Crippen molar-refractivity contribution < 1.29 is 14.3 Å². The SMILES string of the molecule is COc1cccc(NC(=O)N2CCc3nc(C)nc(N4CCOCC4)c3C2)c1. The number of urea groups is 1. The summed E-state index contributed by atoms with van der Waals surface area (Å²) in [6.07, 6.45) is 0.724. The van der Waals surface area contributed by atoms with Gasteiger partial charge < -0.3 is 24.6 Å². The molecule has 8 nitrogen and oxygen atoms in total. The summed E-state index contributed by atoms with van der Waals surface area (Å²) in [4.78, 5) is 26.2. The van der Waals surface area contributed by atoms with Gasteiger partial charge in [0.15, 0.2) is 0 Å². The third-order valence-corrected chi connectivity index (χ3v) is 5.07. The molecular formula is C20H25N5O3. The van der Waals surface area contributed by atoms with Crippen LogP contribution in [0.15, 0.2) is 24.3 Å². The standard InChI is InChI=1S/C20H25N5O3/c1-14-21-18-6-7-25(20(26)23-15-4-3-5-16(12-15)27-2)13-17(18)19(22-14)24-8-10-28-11-9-24/h3-5,12H,6-11,13H2,1-2H3,(H,23,26). The first kappa shape index (κ1) is 18.5. The van der Waals surface area contributed by atoms with Crippen molar-refractivity contribution in [2.75, 3.05) is 50.2 Å². The van der Waals surface area contributed by atoms with E-state index in [0.717, 1.165) is 42.4 Å². The second-order valence-corrected chi connectivity index (χ2v) is 6.95. The minimum absolute atomic E-state index is 0.132. The molecule has 148 valence electrons. The van der Waals surface area contributed by atoms with E-state index in [1.807, 2.05) is 30.0 Å². The van der Waals surface area contributed by atoms with Gasteiger partial charge in [-0.25, -0.2) is 14.8 Å². The number of carbonyl (C=O) groups excluding carboxylic acids is 1. The number of anilines is 2. The minimum atomic E-state index is -0.132. The number of aromatic nitrogens is 2. The fourth-order valence-corrected chi connectivity index (χ4v) is 3.63. The van der Waals surface area contributed by atoms with Crippen molar-refractivity contribution in [2.45, 2.75) is 19.9 Å². The first-order valence-electron chi connectivity index (χ1n) is 9.53. The van der Waals surface area contributed by atoms with Crippen LogP contribution in [0.3, 0.4) is 0 Å². The largest absolute Gasteiger partial charge is 0.497 e. The van der Waals surface area contributed by atoms with Gasteiger partial charge in [0.1, 0.15) is 17.4 Å². The van der Waals surface area contributed by atoms with Crippen LogP contribution in [0, 0.1) is 6.92 Å². The summed E-state index contributed by atoms with van der Waals surface area (Å²) in [5, 5.41) is 2.96. The van der Waals surface area contributed by atoms with Crippen LogP contribution < -0.4 is 15.0 Å². The van der Waals surface area contributed by atoms with Crippen LogP contribution in [0.1, 0.15) is 17.1 Å². The lowest BCUT2D eigenvalue weighted by atomic mass is 10.1. The number of benzene rings is 1. The van der Waals surface area contributed by atoms with Gasteiger partial charge in [0, 0.05) is 43.4 Å². The van der Waals surface area contributed by atoms with Crippen LogP contribution >= 0.6 is 0 Å². The third-order valence-electron chi connectivity index (χ3n) is 5.07. The van der Waals surface area contributed by atoms with Crippen LogP contribution in [0.4, 0.5) is 16.3 Å². The Labute approximate surface area is 164 Å². The van der Waals surface area contributed by atoms with Gasteiger partial charge in [0.05, 0.1) is 32.6 Å². The second-order valence-electron chi connectivity index (χ2n) is 6.95. The van der Waals surface area contributed by atoms with Gasteiger partial charge in [-0.05, 0) is 19.1 Å². The molecule has 4 rings (SSSR count). The Bertz CT molecular complexity index is 867. The number of hydrogen-bond donors (Lipinski definition) is 1. The van der Waals surface area contributed by atoms with E-state index in [9.17, 15) is 4.79 Å². The number of nitrogens with one attached hydrogen (secondary N) is 1. The molecule has 2 aliphatic heterocycles. The Balaban J connectivity index is 1.54. The highest BCUT2D eigenvalue weighted by atomic mass is 16.5. The van der Waals surface area contributed by atoms with Crippen molar-refractivity contribution in [3.63, 3.8) is 0 Å². The second kappa shape index (κ2) is 8.02. The molecule has 1 aromatic carbocycles. The molecule has 1 aromatic heterocycles. The number of hydrogen-bond acceptors (Lipinski definition) is 6. The van der Waals surface area contributed by atoms with Crippen LogP contribution in [-0.2, 0) is 17.7 Å². The molecule has 0 saturated carbocycles. The third kappa shape index (κ3) is 3.87.